The Morgan fingerprint density at radius 1 is 1.00 bits per heavy atom. The van der Waals surface area contributed by atoms with Gasteiger partial charge in [-0.15, -0.1) is 0 Å². The molecule has 2 N–H and O–H groups in total. The number of hydrogen-bond donors (Lipinski definition) is 2. The number of unbranched alkanes of at least 4 members (excludes halogenated alkanes) is 2. The smallest absolute Gasteiger partial charge is 0.227 e. The van der Waals surface area contributed by atoms with Crippen LogP contribution in [0, 0.1) is 11.8 Å². The van der Waals surface area contributed by atoms with Gasteiger partial charge in [-0.2, -0.15) is 0 Å². The van der Waals surface area contributed by atoms with Crippen LogP contribution in [-0.4, -0.2) is 18.4 Å². The summed E-state index contributed by atoms with van der Waals surface area (Å²) < 4.78 is 0.992. The standard InChI is InChI=1S/C19H27BrN2O2/c1-2-3-4-13-21-18(23)14-5-7-15(8-6-14)19(24)22-17-11-9-16(20)10-12-17/h9-12,14-15H,2-8,13H2,1H3,(H,21,23)(H,22,24). The summed E-state index contributed by atoms with van der Waals surface area (Å²) in [6, 6.07) is 7.60. The van der Waals surface area contributed by atoms with E-state index in [0.717, 1.165) is 61.7 Å². The Hall–Kier alpha value is -1.36. The van der Waals surface area contributed by atoms with E-state index in [0.29, 0.717) is 0 Å². The third kappa shape index (κ3) is 5.93. The molecule has 0 aliphatic heterocycles. The molecule has 24 heavy (non-hydrogen) atoms. The summed E-state index contributed by atoms with van der Waals surface area (Å²) in [4.78, 5) is 24.5. The maximum Gasteiger partial charge on any atom is 0.227 e. The van der Waals surface area contributed by atoms with Gasteiger partial charge in [0.1, 0.15) is 0 Å². The Kier molecular flexibility index (Phi) is 7.76. The zero-order valence-electron chi connectivity index (χ0n) is 14.3. The number of hydrogen-bond acceptors (Lipinski definition) is 2. The van der Waals surface area contributed by atoms with Crippen LogP contribution in [0.1, 0.15) is 51.9 Å². The van der Waals surface area contributed by atoms with E-state index in [9.17, 15) is 9.59 Å². The second kappa shape index (κ2) is 9.82. The Labute approximate surface area is 152 Å². The van der Waals surface area contributed by atoms with Gasteiger partial charge in [-0.25, -0.2) is 0 Å². The molecule has 1 aromatic carbocycles. The summed E-state index contributed by atoms with van der Waals surface area (Å²) in [5, 5.41) is 6.00. The second-order valence-corrected chi connectivity index (χ2v) is 7.46. The summed E-state index contributed by atoms with van der Waals surface area (Å²) in [5.41, 5.74) is 0.819. The zero-order valence-corrected chi connectivity index (χ0v) is 15.9. The van der Waals surface area contributed by atoms with Crippen LogP contribution in [0.2, 0.25) is 0 Å². The van der Waals surface area contributed by atoms with E-state index in [-0.39, 0.29) is 23.7 Å². The number of benzene rings is 1. The number of anilines is 1. The minimum Gasteiger partial charge on any atom is -0.356 e. The van der Waals surface area contributed by atoms with Gasteiger partial charge in [-0.05, 0) is 56.4 Å². The van der Waals surface area contributed by atoms with E-state index in [2.05, 4.69) is 33.5 Å². The van der Waals surface area contributed by atoms with Crippen molar-refractivity contribution in [2.75, 3.05) is 11.9 Å². The lowest BCUT2D eigenvalue weighted by Crippen LogP contribution is -2.35. The average molecular weight is 395 g/mol. The van der Waals surface area contributed by atoms with Gasteiger partial charge in [0.2, 0.25) is 11.8 Å². The van der Waals surface area contributed by atoms with Crippen LogP contribution in [0.25, 0.3) is 0 Å². The van der Waals surface area contributed by atoms with Crippen LogP contribution in [-0.2, 0) is 9.59 Å². The molecule has 1 fully saturated rings. The van der Waals surface area contributed by atoms with Crippen molar-refractivity contribution in [1.82, 2.24) is 5.32 Å². The van der Waals surface area contributed by atoms with Crippen LogP contribution < -0.4 is 10.6 Å². The lowest BCUT2D eigenvalue weighted by Gasteiger charge is -2.27. The van der Waals surface area contributed by atoms with Gasteiger partial charge in [-0.3, -0.25) is 9.59 Å². The fourth-order valence-corrected chi connectivity index (χ4v) is 3.39. The number of carbonyl (C=O) groups excluding carboxylic acids is 2. The first-order valence-corrected chi connectivity index (χ1v) is 9.73. The van der Waals surface area contributed by atoms with Crippen LogP contribution in [0.5, 0.6) is 0 Å². The monoisotopic (exact) mass is 394 g/mol. The molecule has 0 unspecified atom stereocenters. The van der Waals surface area contributed by atoms with Crippen molar-refractivity contribution in [1.29, 1.82) is 0 Å². The number of nitrogens with one attached hydrogen (secondary N) is 2. The van der Waals surface area contributed by atoms with Gasteiger partial charge in [0.15, 0.2) is 0 Å². The Morgan fingerprint density at radius 3 is 2.17 bits per heavy atom. The predicted molar refractivity (Wildman–Crippen MR) is 101 cm³/mol. The first-order valence-electron chi connectivity index (χ1n) is 8.94. The highest BCUT2D eigenvalue weighted by Gasteiger charge is 2.29. The zero-order chi connectivity index (χ0) is 17.4. The molecule has 0 radical (unpaired) electrons. The minimum absolute atomic E-state index is 0.0118. The summed E-state index contributed by atoms with van der Waals surface area (Å²) in [6.45, 7) is 2.93. The fraction of sp³-hybridized carbons (Fsp3) is 0.579. The second-order valence-electron chi connectivity index (χ2n) is 6.54. The number of halogens is 1. The highest BCUT2D eigenvalue weighted by molar-refractivity contribution is 9.10. The van der Waals surface area contributed by atoms with Crippen molar-refractivity contribution in [3.05, 3.63) is 28.7 Å². The first-order chi connectivity index (χ1) is 11.6. The van der Waals surface area contributed by atoms with Crippen LogP contribution >= 0.6 is 15.9 Å². The highest BCUT2D eigenvalue weighted by Crippen LogP contribution is 2.30. The Morgan fingerprint density at radius 2 is 1.58 bits per heavy atom. The summed E-state index contributed by atoms with van der Waals surface area (Å²) in [6.07, 6.45) is 6.55. The molecular weight excluding hydrogens is 368 g/mol. The van der Waals surface area contributed by atoms with E-state index in [1.54, 1.807) is 0 Å². The molecule has 1 aromatic rings. The molecule has 1 aliphatic rings. The molecule has 4 nitrogen and oxygen atoms in total. The first kappa shape index (κ1) is 19.0. The van der Waals surface area contributed by atoms with E-state index < -0.39 is 0 Å². The molecule has 2 amide bonds. The number of rotatable bonds is 7. The van der Waals surface area contributed by atoms with Crippen molar-refractivity contribution in [2.24, 2.45) is 11.8 Å². The fourth-order valence-electron chi connectivity index (χ4n) is 3.13. The molecule has 0 spiro atoms. The third-order valence-electron chi connectivity index (χ3n) is 4.66. The summed E-state index contributed by atoms with van der Waals surface area (Å²) in [7, 11) is 0. The summed E-state index contributed by atoms with van der Waals surface area (Å²) >= 11 is 3.38. The maximum atomic E-state index is 12.3. The normalized spacial score (nSPS) is 20.4. The summed E-state index contributed by atoms with van der Waals surface area (Å²) in [5.74, 6) is 0.318. The van der Waals surface area contributed by atoms with E-state index in [1.165, 1.54) is 0 Å². The van der Waals surface area contributed by atoms with Crippen LogP contribution in [0.3, 0.4) is 0 Å². The van der Waals surface area contributed by atoms with Crippen LogP contribution in [0.4, 0.5) is 5.69 Å². The van der Waals surface area contributed by atoms with E-state index in [1.807, 2.05) is 24.3 Å². The van der Waals surface area contributed by atoms with E-state index >= 15 is 0 Å². The molecule has 0 saturated heterocycles. The van der Waals surface area contributed by atoms with Gasteiger partial charge in [0, 0.05) is 28.5 Å². The third-order valence-corrected chi connectivity index (χ3v) is 5.19. The molecule has 1 aliphatic carbocycles. The van der Waals surface area contributed by atoms with Crippen LogP contribution in [0.15, 0.2) is 28.7 Å². The highest BCUT2D eigenvalue weighted by atomic mass is 79.9. The minimum atomic E-state index is 0.0118. The molecule has 0 atom stereocenters. The van der Waals surface area contributed by atoms with Crippen molar-refractivity contribution < 1.29 is 9.59 Å². The molecule has 2 rings (SSSR count). The Bertz CT molecular complexity index is 537. The SMILES string of the molecule is CCCCCNC(=O)C1CCC(C(=O)Nc2ccc(Br)cc2)CC1. The lowest BCUT2D eigenvalue weighted by molar-refractivity contribution is -0.128. The molecular formula is C19H27BrN2O2. The molecule has 0 bridgehead atoms. The largest absolute Gasteiger partial charge is 0.356 e. The van der Waals surface area contributed by atoms with Gasteiger partial charge in [0.25, 0.3) is 0 Å². The van der Waals surface area contributed by atoms with Gasteiger partial charge in [-0.1, -0.05) is 35.7 Å². The van der Waals surface area contributed by atoms with Crippen molar-refractivity contribution in [2.45, 2.75) is 51.9 Å². The Balaban J connectivity index is 1.72. The van der Waals surface area contributed by atoms with Gasteiger partial charge < -0.3 is 10.6 Å². The predicted octanol–water partition coefficient (Wildman–Crippen LogP) is 4.50. The molecule has 0 heterocycles. The van der Waals surface area contributed by atoms with Gasteiger partial charge >= 0.3 is 0 Å². The topological polar surface area (TPSA) is 58.2 Å². The molecule has 5 heteroatoms. The van der Waals surface area contributed by atoms with Crippen molar-refractivity contribution >= 4 is 33.4 Å². The number of amides is 2. The molecule has 1 saturated carbocycles. The lowest BCUT2D eigenvalue weighted by atomic mass is 9.81. The average Bonchev–Trinajstić information content (AvgIpc) is 2.60. The quantitative estimate of drug-likeness (QED) is 0.668. The maximum absolute atomic E-state index is 12.3. The molecule has 132 valence electrons. The van der Waals surface area contributed by atoms with E-state index in [4.69, 9.17) is 0 Å². The van der Waals surface area contributed by atoms with Crippen molar-refractivity contribution in [3.63, 3.8) is 0 Å². The van der Waals surface area contributed by atoms with Crippen molar-refractivity contribution in [3.8, 4) is 0 Å². The molecule has 0 aromatic heterocycles. The van der Waals surface area contributed by atoms with Gasteiger partial charge in [0.05, 0.1) is 0 Å². The number of carbonyl (C=O) groups is 2.